The molecule has 0 unspecified atom stereocenters. The van der Waals surface area contributed by atoms with Gasteiger partial charge in [-0.3, -0.25) is 4.79 Å². The molecule has 0 radical (unpaired) electrons. The second kappa shape index (κ2) is 4.42. The van der Waals surface area contributed by atoms with Crippen molar-refractivity contribution >= 4 is 28.6 Å². The van der Waals surface area contributed by atoms with Crippen LogP contribution in [-0.2, 0) is 19.0 Å². The fourth-order valence-corrected chi connectivity index (χ4v) is 2.87. The van der Waals surface area contributed by atoms with Gasteiger partial charge in [0.15, 0.2) is 6.29 Å². The molecule has 5 heteroatoms. The van der Waals surface area contributed by atoms with Crippen molar-refractivity contribution in [1.82, 2.24) is 0 Å². The summed E-state index contributed by atoms with van der Waals surface area (Å²) in [7, 11) is 0. The normalized spacial score (nSPS) is 37.8. The molecule has 0 amide bonds. The van der Waals surface area contributed by atoms with E-state index in [2.05, 4.69) is 22.6 Å². The number of esters is 1. The Hall–Kier alpha value is 0.120. The van der Waals surface area contributed by atoms with Crippen molar-refractivity contribution in [2.24, 2.45) is 5.41 Å². The molecule has 0 spiro atoms. The zero-order valence-electron chi connectivity index (χ0n) is 9.73. The quantitative estimate of drug-likeness (QED) is 0.438. The lowest BCUT2D eigenvalue weighted by Crippen LogP contribution is -2.38. The molecule has 2 saturated heterocycles. The standard InChI is InChI=1S/C11H17IO4/c1-11(2,3)10(13)14-5-7-9-6(12)4-8(15-7)16-9/h6-9H,4-5H2,1-3H3/t6-,7+,8-,9+/m0/s1. The lowest BCUT2D eigenvalue weighted by atomic mass is 9.97. The molecule has 2 heterocycles. The van der Waals surface area contributed by atoms with Crippen LogP contribution >= 0.6 is 22.6 Å². The van der Waals surface area contributed by atoms with Crippen molar-refractivity contribution in [3.8, 4) is 0 Å². The number of alkyl halides is 1. The molecule has 0 aliphatic carbocycles. The molecule has 2 aliphatic rings. The molecule has 0 aromatic heterocycles. The van der Waals surface area contributed by atoms with Gasteiger partial charge in [0.2, 0.25) is 0 Å². The summed E-state index contributed by atoms with van der Waals surface area (Å²) in [6, 6.07) is 0. The highest BCUT2D eigenvalue weighted by atomic mass is 127. The predicted octanol–water partition coefficient (Wildman–Crippen LogP) is 1.89. The van der Waals surface area contributed by atoms with E-state index in [4.69, 9.17) is 14.2 Å². The highest BCUT2D eigenvalue weighted by molar-refractivity contribution is 14.1. The fraction of sp³-hybridized carbons (Fsp3) is 0.909. The van der Waals surface area contributed by atoms with Crippen LogP contribution in [0.5, 0.6) is 0 Å². The Morgan fingerprint density at radius 1 is 1.44 bits per heavy atom. The number of rotatable bonds is 2. The molecule has 2 rings (SSSR count). The van der Waals surface area contributed by atoms with Gasteiger partial charge in [-0.1, -0.05) is 22.6 Å². The molecule has 2 aliphatic heterocycles. The molecule has 92 valence electrons. The van der Waals surface area contributed by atoms with Crippen LogP contribution in [0.15, 0.2) is 0 Å². The number of hydrogen-bond acceptors (Lipinski definition) is 4. The first kappa shape index (κ1) is 12.6. The number of carbonyl (C=O) groups is 1. The molecule has 2 fully saturated rings. The fourth-order valence-electron chi connectivity index (χ4n) is 1.82. The lowest BCUT2D eigenvalue weighted by Gasteiger charge is -2.24. The third-order valence-electron chi connectivity index (χ3n) is 2.77. The van der Waals surface area contributed by atoms with Crippen LogP contribution in [0.1, 0.15) is 27.2 Å². The van der Waals surface area contributed by atoms with Gasteiger partial charge in [0, 0.05) is 10.3 Å². The number of halogens is 1. The summed E-state index contributed by atoms with van der Waals surface area (Å²) in [6.45, 7) is 5.83. The van der Waals surface area contributed by atoms with E-state index >= 15 is 0 Å². The Bertz CT molecular complexity index is 286. The van der Waals surface area contributed by atoms with Crippen LogP contribution in [0.25, 0.3) is 0 Å². The smallest absolute Gasteiger partial charge is 0.311 e. The Labute approximate surface area is 109 Å². The summed E-state index contributed by atoms with van der Waals surface area (Å²) in [5.74, 6) is -0.191. The number of carbonyl (C=O) groups excluding carboxylic acids is 1. The zero-order valence-corrected chi connectivity index (χ0v) is 11.9. The van der Waals surface area contributed by atoms with Crippen molar-refractivity contribution in [2.75, 3.05) is 6.61 Å². The molecule has 4 atom stereocenters. The van der Waals surface area contributed by atoms with Crippen molar-refractivity contribution in [3.05, 3.63) is 0 Å². The summed E-state index contributed by atoms with van der Waals surface area (Å²) in [5.41, 5.74) is -0.456. The first-order chi connectivity index (χ1) is 7.38. The lowest BCUT2D eigenvalue weighted by molar-refractivity contribution is -0.158. The molecular formula is C11H17IO4. The Morgan fingerprint density at radius 2 is 2.12 bits per heavy atom. The Kier molecular flexibility index (Phi) is 3.47. The molecule has 0 aromatic rings. The average Bonchev–Trinajstić information content (AvgIpc) is 2.70. The van der Waals surface area contributed by atoms with Gasteiger partial charge in [0.1, 0.15) is 18.8 Å². The van der Waals surface area contributed by atoms with E-state index in [0.717, 1.165) is 6.42 Å². The molecule has 4 nitrogen and oxygen atoms in total. The van der Waals surface area contributed by atoms with Crippen LogP contribution in [0.2, 0.25) is 0 Å². The van der Waals surface area contributed by atoms with Crippen LogP contribution in [-0.4, -0.2) is 35.0 Å². The SMILES string of the molecule is CC(C)(C)C(=O)OC[C@H]1O[C@@H]2C[C@H](I)[C@H]1O2. The van der Waals surface area contributed by atoms with Crippen molar-refractivity contribution in [1.29, 1.82) is 0 Å². The van der Waals surface area contributed by atoms with Crippen molar-refractivity contribution in [2.45, 2.75) is 49.6 Å². The minimum atomic E-state index is -0.456. The van der Waals surface area contributed by atoms with E-state index in [0.29, 0.717) is 10.5 Å². The van der Waals surface area contributed by atoms with Gasteiger partial charge in [-0.25, -0.2) is 0 Å². The molecule has 0 N–H and O–H groups in total. The average molecular weight is 340 g/mol. The number of hydrogen-bond donors (Lipinski definition) is 0. The summed E-state index contributed by atoms with van der Waals surface area (Å²) < 4.78 is 16.9. The maximum absolute atomic E-state index is 11.6. The van der Waals surface area contributed by atoms with Crippen molar-refractivity contribution in [3.63, 3.8) is 0 Å². The Morgan fingerprint density at radius 3 is 2.62 bits per heavy atom. The van der Waals surface area contributed by atoms with Gasteiger partial charge in [-0.2, -0.15) is 0 Å². The third-order valence-corrected chi connectivity index (χ3v) is 3.98. The number of ether oxygens (including phenoxy) is 3. The second-order valence-corrected chi connectivity index (χ2v) is 6.90. The van der Waals surface area contributed by atoms with E-state index in [9.17, 15) is 4.79 Å². The summed E-state index contributed by atoms with van der Waals surface area (Å²) in [5, 5.41) is 0. The Balaban J connectivity index is 1.82. The zero-order chi connectivity index (χ0) is 11.9. The van der Waals surface area contributed by atoms with Gasteiger partial charge >= 0.3 is 5.97 Å². The van der Waals surface area contributed by atoms with E-state index in [1.54, 1.807) is 0 Å². The minimum absolute atomic E-state index is 0.0818. The molecular weight excluding hydrogens is 323 g/mol. The first-order valence-electron chi connectivity index (χ1n) is 5.50. The monoisotopic (exact) mass is 340 g/mol. The minimum Gasteiger partial charge on any atom is -0.462 e. The second-order valence-electron chi connectivity index (χ2n) is 5.30. The van der Waals surface area contributed by atoms with Gasteiger partial charge in [0.05, 0.1) is 5.41 Å². The summed E-state index contributed by atoms with van der Waals surface area (Å²) >= 11 is 2.37. The molecule has 0 aromatic carbocycles. The predicted molar refractivity (Wildman–Crippen MR) is 66.4 cm³/mol. The van der Waals surface area contributed by atoms with Crippen LogP contribution in [0.3, 0.4) is 0 Å². The number of fused-ring (bicyclic) bond motifs is 2. The largest absolute Gasteiger partial charge is 0.462 e. The summed E-state index contributed by atoms with van der Waals surface area (Å²) in [4.78, 5) is 11.6. The van der Waals surface area contributed by atoms with Gasteiger partial charge in [-0.15, -0.1) is 0 Å². The van der Waals surface area contributed by atoms with Gasteiger partial charge in [0.25, 0.3) is 0 Å². The highest BCUT2D eigenvalue weighted by Crippen LogP contribution is 2.38. The molecule has 16 heavy (non-hydrogen) atoms. The maximum atomic E-state index is 11.6. The first-order valence-corrected chi connectivity index (χ1v) is 6.74. The van der Waals surface area contributed by atoms with Crippen LogP contribution < -0.4 is 0 Å². The van der Waals surface area contributed by atoms with Crippen LogP contribution in [0, 0.1) is 5.41 Å². The van der Waals surface area contributed by atoms with Crippen molar-refractivity contribution < 1.29 is 19.0 Å². The van der Waals surface area contributed by atoms with E-state index in [1.165, 1.54) is 0 Å². The summed E-state index contributed by atoms with van der Waals surface area (Å²) in [6.07, 6.45) is 0.838. The molecule has 2 bridgehead atoms. The topological polar surface area (TPSA) is 44.8 Å². The van der Waals surface area contributed by atoms with Gasteiger partial charge in [-0.05, 0) is 20.8 Å². The highest BCUT2D eigenvalue weighted by Gasteiger charge is 2.48. The maximum Gasteiger partial charge on any atom is 0.311 e. The van der Waals surface area contributed by atoms with Gasteiger partial charge < -0.3 is 14.2 Å². The molecule has 0 saturated carbocycles. The van der Waals surface area contributed by atoms with Crippen LogP contribution in [0.4, 0.5) is 0 Å². The van der Waals surface area contributed by atoms with E-state index < -0.39 is 5.41 Å². The third kappa shape index (κ3) is 2.51. The van der Waals surface area contributed by atoms with E-state index in [1.807, 2.05) is 20.8 Å². The van der Waals surface area contributed by atoms with E-state index in [-0.39, 0.29) is 24.5 Å².